The maximum absolute atomic E-state index is 12.9. The van der Waals surface area contributed by atoms with E-state index < -0.39 is 15.9 Å². The van der Waals surface area contributed by atoms with Crippen LogP contribution in [0.3, 0.4) is 0 Å². The molecular weight excluding hydrogens is 402 g/mol. The van der Waals surface area contributed by atoms with Gasteiger partial charge in [0.2, 0.25) is 10.0 Å². The van der Waals surface area contributed by atoms with Crippen molar-refractivity contribution in [1.29, 1.82) is 0 Å². The van der Waals surface area contributed by atoms with Gasteiger partial charge in [-0.15, -0.1) is 0 Å². The lowest BCUT2D eigenvalue weighted by molar-refractivity contribution is 0.102. The number of halogens is 1. The Balaban J connectivity index is 1.74. The normalized spacial score (nSPS) is 17.9. The van der Waals surface area contributed by atoms with E-state index in [9.17, 15) is 13.2 Å². The van der Waals surface area contributed by atoms with E-state index in [0.717, 1.165) is 19.3 Å². The van der Waals surface area contributed by atoms with E-state index in [1.807, 2.05) is 6.92 Å². The number of nitrogens with zero attached hydrogens (tertiary/aromatic N) is 2. The molecule has 1 aliphatic rings. The van der Waals surface area contributed by atoms with Gasteiger partial charge in [-0.05, 0) is 56.2 Å². The Labute approximate surface area is 169 Å². The molecule has 0 aliphatic carbocycles. The molecule has 9 heteroatoms. The lowest BCUT2D eigenvalue weighted by Crippen LogP contribution is -2.41. The van der Waals surface area contributed by atoms with Gasteiger partial charge in [-0.2, -0.15) is 4.31 Å². The number of rotatable bonds is 5. The predicted octanol–water partition coefficient (Wildman–Crippen LogP) is 3.56. The van der Waals surface area contributed by atoms with Crippen molar-refractivity contribution in [1.82, 2.24) is 9.29 Å². The van der Waals surface area contributed by atoms with Crippen LogP contribution in [0.15, 0.2) is 41.3 Å². The van der Waals surface area contributed by atoms with Crippen LogP contribution in [0.25, 0.3) is 0 Å². The van der Waals surface area contributed by atoms with Gasteiger partial charge >= 0.3 is 0 Å². The number of ether oxygens (including phenoxy) is 1. The van der Waals surface area contributed by atoms with Gasteiger partial charge in [-0.1, -0.05) is 18.0 Å². The molecule has 1 aromatic heterocycles. The SMILES string of the molecule is COc1ccc(C(=O)Nc2ccc(S(=O)(=O)N3CCCCC3C)cc2)nc1Cl. The van der Waals surface area contributed by atoms with Gasteiger partial charge in [0, 0.05) is 18.3 Å². The molecule has 1 fully saturated rings. The maximum atomic E-state index is 12.9. The molecule has 1 aliphatic heterocycles. The van der Waals surface area contributed by atoms with E-state index in [4.69, 9.17) is 16.3 Å². The molecule has 0 radical (unpaired) electrons. The minimum atomic E-state index is -3.54. The molecule has 2 heterocycles. The molecule has 1 N–H and O–H groups in total. The molecule has 1 aromatic carbocycles. The fourth-order valence-electron chi connectivity index (χ4n) is 3.17. The third kappa shape index (κ3) is 4.29. The van der Waals surface area contributed by atoms with Crippen molar-refractivity contribution >= 4 is 33.2 Å². The summed E-state index contributed by atoms with van der Waals surface area (Å²) in [6.07, 6.45) is 2.78. The first-order valence-corrected chi connectivity index (χ1v) is 10.8. The predicted molar refractivity (Wildman–Crippen MR) is 107 cm³/mol. The van der Waals surface area contributed by atoms with Crippen LogP contribution in [0.4, 0.5) is 5.69 Å². The highest BCUT2D eigenvalue weighted by atomic mass is 35.5. The van der Waals surface area contributed by atoms with Crippen molar-refractivity contribution in [2.24, 2.45) is 0 Å². The van der Waals surface area contributed by atoms with Crippen LogP contribution >= 0.6 is 11.6 Å². The molecule has 0 bridgehead atoms. The van der Waals surface area contributed by atoms with Crippen LogP contribution < -0.4 is 10.1 Å². The minimum Gasteiger partial charge on any atom is -0.494 e. The Morgan fingerprint density at radius 1 is 1.21 bits per heavy atom. The molecule has 2 aromatic rings. The first-order chi connectivity index (χ1) is 13.3. The zero-order valence-electron chi connectivity index (χ0n) is 15.7. The number of sulfonamides is 1. The van der Waals surface area contributed by atoms with E-state index in [-0.39, 0.29) is 21.8 Å². The Kier molecular flexibility index (Phi) is 6.22. The number of amides is 1. The second-order valence-corrected chi connectivity index (χ2v) is 8.88. The van der Waals surface area contributed by atoms with Crippen molar-refractivity contribution in [3.8, 4) is 5.75 Å². The summed E-state index contributed by atoms with van der Waals surface area (Å²) in [7, 11) is -2.08. The molecule has 1 saturated heterocycles. The van der Waals surface area contributed by atoms with Crippen LogP contribution in [0.5, 0.6) is 5.75 Å². The third-order valence-corrected chi connectivity index (χ3v) is 7.03. The zero-order valence-corrected chi connectivity index (χ0v) is 17.3. The lowest BCUT2D eigenvalue weighted by atomic mass is 10.1. The summed E-state index contributed by atoms with van der Waals surface area (Å²) in [6.45, 7) is 2.46. The highest BCUT2D eigenvalue weighted by molar-refractivity contribution is 7.89. The summed E-state index contributed by atoms with van der Waals surface area (Å²) in [5.41, 5.74) is 0.592. The van der Waals surface area contributed by atoms with Gasteiger partial charge in [0.15, 0.2) is 10.9 Å². The number of methoxy groups -OCH3 is 1. The number of hydrogen-bond acceptors (Lipinski definition) is 5. The van der Waals surface area contributed by atoms with Crippen molar-refractivity contribution < 1.29 is 17.9 Å². The quantitative estimate of drug-likeness (QED) is 0.743. The van der Waals surface area contributed by atoms with Gasteiger partial charge in [0.1, 0.15) is 5.69 Å². The number of nitrogens with one attached hydrogen (secondary N) is 1. The Hall–Kier alpha value is -2.16. The Morgan fingerprint density at radius 2 is 1.93 bits per heavy atom. The van der Waals surface area contributed by atoms with Gasteiger partial charge in [0.25, 0.3) is 5.91 Å². The standard InChI is InChI=1S/C19H22ClN3O4S/c1-13-5-3-4-12-23(13)28(25,26)15-8-6-14(7-9-15)21-19(24)16-10-11-17(27-2)18(20)22-16/h6-11,13H,3-5,12H2,1-2H3,(H,21,24). The number of aromatic nitrogens is 1. The first-order valence-electron chi connectivity index (χ1n) is 8.96. The first kappa shape index (κ1) is 20.6. The molecule has 28 heavy (non-hydrogen) atoms. The Morgan fingerprint density at radius 3 is 2.54 bits per heavy atom. The average molecular weight is 424 g/mol. The van der Waals surface area contributed by atoms with Gasteiger partial charge in [-0.3, -0.25) is 4.79 Å². The molecule has 0 spiro atoms. The molecule has 1 unspecified atom stereocenters. The fourth-order valence-corrected chi connectivity index (χ4v) is 5.10. The van der Waals surface area contributed by atoms with E-state index >= 15 is 0 Å². The number of hydrogen-bond donors (Lipinski definition) is 1. The molecule has 0 saturated carbocycles. The molecular formula is C19H22ClN3O4S. The number of carbonyl (C=O) groups excluding carboxylic acids is 1. The van der Waals surface area contributed by atoms with Gasteiger partial charge in [-0.25, -0.2) is 13.4 Å². The largest absolute Gasteiger partial charge is 0.494 e. The monoisotopic (exact) mass is 423 g/mol. The van der Waals surface area contributed by atoms with E-state index in [2.05, 4.69) is 10.3 Å². The van der Waals surface area contributed by atoms with Crippen molar-refractivity contribution in [2.45, 2.75) is 37.1 Å². The fraction of sp³-hybridized carbons (Fsp3) is 0.368. The highest BCUT2D eigenvalue weighted by Gasteiger charge is 2.30. The molecule has 1 amide bonds. The van der Waals surface area contributed by atoms with Crippen LogP contribution in [-0.2, 0) is 10.0 Å². The van der Waals surface area contributed by atoms with Gasteiger partial charge in [0.05, 0.1) is 12.0 Å². The smallest absolute Gasteiger partial charge is 0.274 e. The van der Waals surface area contributed by atoms with Crippen LogP contribution in [-0.4, -0.2) is 43.3 Å². The summed E-state index contributed by atoms with van der Waals surface area (Å²) in [5.74, 6) is -0.0791. The number of pyridine rings is 1. The van der Waals surface area contributed by atoms with Crippen LogP contribution in [0.2, 0.25) is 5.15 Å². The number of benzene rings is 1. The van der Waals surface area contributed by atoms with Crippen molar-refractivity contribution in [2.75, 3.05) is 19.0 Å². The number of piperidine rings is 1. The zero-order chi connectivity index (χ0) is 20.3. The Bertz CT molecular complexity index is 964. The summed E-state index contributed by atoms with van der Waals surface area (Å²) >= 11 is 5.95. The second kappa shape index (κ2) is 8.46. The van der Waals surface area contributed by atoms with Crippen molar-refractivity contribution in [3.63, 3.8) is 0 Å². The van der Waals surface area contributed by atoms with Gasteiger partial charge < -0.3 is 10.1 Å². The van der Waals surface area contributed by atoms with E-state index in [1.54, 1.807) is 22.5 Å². The maximum Gasteiger partial charge on any atom is 0.274 e. The van der Waals surface area contributed by atoms with E-state index in [1.165, 1.54) is 25.3 Å². The summed E-state index contributed by atoms with van der Waals surface area (Å²) in [4.78, 5) is 16.5. The molecule has 3 rings (SSSR count). The third-order valence-electron chi connectivity index (χ3n) is 4.73. The number of anilines is 1. The average Bonchev–Trinajstić information content (AvgIpc) is 2.68. The van der Waals surface area contributed by atoms with E-state index in [0.29, 0.717) is 18.0 Å². The highest BCUT2D eigenvalue weighted by Crippen LogP contribution is 2.26. The molecule has 150 valence electrons. The number of carbonyl (C=O) groups is 1. The summed E-state index contributed by atoms with van der Waals surface area (Å²) in [6, 6.07) is 9.16. The lowest BCUT2D eigenvalue weighted by Gasteiger charge is -2.32. The molecule has 1 atom stereocenters. The van der Waals surface area contributed by atoms with Crippen LogP contribution in [0.1, 0.15) is 36.7 Å². The minimum absolute atomic E-state index is 0.0102. The topological polar surface area (TPSA) is 88.6 Å². The van der Waals surface area contributed by atoms with Crippen LogP contribution in [0, 0.1) is 0 Å². The summed E-state index contributed by atoms with van der Waals surface area (Å²) < 4.78 is 32.3. The summed E-state index contributed by atoms with van der Waals surface area (Å²) in [5, 5.41) is 2.77. The molecule has 7 nitrogen and oxygen atoms in total. The van der Waals surface area contributed by atoms with Crippen molar-refractivity contribution in [3.05, 3.63) is 47.2 Å². The second-order valence-electron chi connectivity index (χ2n) is 6.63.